The largest absolute Gasteiger partial charge is 0.396 e. The molecule has 0 aromatic carbocycles. The zero-order chi connectivity index (χ0) is 9.78. The Labute approximate surface area is 82.2 Å². The predicted octanol–water partition coefficient (Wildman–Crippen LogP) is 3.45. The summed E-state index contributed by atoms with van der Waals surface area (Å²) in [6, 6.07) is 0. The fraction of sp³-hybridized carbons (Fsp3) is 0.667. The van der Waals surface area contributed by atoms with Crippen molar-refractivity contribution in [2.24, 2.45) is 0 Å². The molecule has 0 atom stereocenters. The third-order valence-corrected chi connectivity index (χ3v) is 1.87. The van der Waals surface area contributed by atoms with E-state index in [9.17, 15) is 0 Å². The second-order valence-corrected chi connectivity index (χ2v) is 3.22. The highest BCUT2D eigenvalue weighted by molar-refractivity contribution is 5.01. The van der Waals surface area contributed by atoms with Crippen molar-refractivity contribution in [2.45, 2.75) is 45.4 Å². The van der Waals surface area contributed by atoms with Gasteiger partial charge in [-0.25, -0.2) is 0 Å². The lowest BCUT2D eigenvalue weighted by atomic mass is 10.2. The molecule has 1 nitrogen and oxygen atoms in total. The van der Waals surface area contributed by atoms with E-state index >= 15 is 0 Å². The highest BCUT2D eigenvalue weighted by atomic mass is 16.2. The van der Waals surface area contributed by atoms with Crippen LogP contribution in [0.1, 0.15) is 45.4 Å². The summed E-state index contributed by atoms with van der Waals surface area (Å²) in [5.41, 5.74) is 0. The van der Waals surface area contributed by atoms with Crippen LogP contribution in [0.15, 0.2) is 24.3 Å². The molecular weight excluding hydrogens is 160 g/mol. The minimum Gasteiger partial charge on any atom is -0.396 e. The zero-order valence-corrected chi connectivity index (χ0v) is 8.71. The van der Waals surface area contributed by atoms with E-state index in [-0.39, 0.29) is 0 Å². The first-order valence-electron chi connectivity index (χ1n) is 5.34. The maximum atomic E-state index is 8.54. The molecule has 0 bridgehead atoms. The topological polar surface area (TPSA) is 20.2 Å². The molecule has 0 unspecified atom stereocenters. The lowest BCUT2D eigenvalue weighted by Gasteiger charge is -1.92. The minimum absolute atomic E-state index is 0.333. The van der Waals surface area contributed by atoms with Crippen LogP contribution in [-0.2, 0) is 0 Å². The molecule has 0 amide bonds. The summed E-state index contributed by atoms with van der Waals surface area (Å²) in [6.07, 6.45) is 15.4. The second kappa shape index (κ2) is 11.4. The Morgan fingerprint density at radius 2 is 1.62 bits per heavy atom. The molecule has 13 heavy (non-hydrogen) atoms. The SMILES string of the molecule is CCCC=CC=CCCCCCO. The van der Waals surface area contributed by atoms with Crippen LogP contribution >= 0.6 is 0 Å². The maximum Gasteiger partial charge on any atom is 0.0431 e. The van der Waals surface area contributed by atoms with E-state index in [1.807, 2.05) is 0 Å². The van der Waals surface area contributed by atoms with Crippen LogP contribution in [0, 0.1) is 0 Å². The molecule has 0 aliphatic rings. The van der Waals surface area contributed by atoms with Crippen molar-refractivity contribution in [3.8, 4) is 0 Å². The molecule has 0 saturated heterocycles. The Morgan fingerprint density at radius 1 is 0.923 bits per heavy atom. The van der Waals surface area contributed by atoms with Crippen molar-refractivity contribution < 1.29 is 5.11 Å². The van der Waals surface area contributed by atoms with Crippen molar-refractivity contribution in [1.29, 1.82) is 0 Å². The number of aliphatic hydroxyl groups excluding tert-OH is 1. The van der Waals surface area contributed by atoms with Gasteiger partial charge in [0, 0.05) is 6.61 Å². The van der Waals surface area contributed by atoms with Crippen molar-refractivity contribution in [2.75, 3.05) is 6.61 Å². The van der Waals surface area contributed by atoms with Crippen LogP contribution in [0.4, 0.5) is 0 Å². The smallest absolute Gasteiger partial charge is 0.0431 e. The Balaban J connectivity index is 3.12. The number of unbranched alkanes of at least 4 members (excludes halogenated alkanes) is 4. The van der Waals surface area contributed by atoms with Crippen LogP contribution in [0.2, 0.25) is 0 Å². The summed E-state index contributed by atoms with van der Waals surface area (Å²) >= 11 is 0. The molecule has 76 valence electrons. The standard InChI is InChI=1S/C12H22O/c1-2-3-4-5-6-7-8-9-10-11-12-13/h4-7,13H,2-3,8-12H2,1H3. The van der Waals surface area contributed by atoms with Gasteiger partial charge in [0.15, 0.2) is 0 Å². The molecule has 0 radical (unpaired) electrons. The first-order chi connectivity index (χ1) is 6.41. The maximum absolute atomic E-state index is 8.54. The lowest BCUT2D eigenvalue weighted by molar-refractivity contribution is 0.283. The van der Waals surface area contributed by atoms with Gasteiger partial charge in [0.05, 0.1) is 0 Å². The van der Waals surface area contributed by atoms with E-state index in [1.54, 1.807) is 0 Å². The first-order valence-corrected chi connectivity index (χ1v) is 5.34. The first kappa shape index (κ1) is 12.4. The Kier molecular flexibility index (Phi) is 10.9. The van der Waals surface area contributed by atoms with Crippen LogP contribution in [0.3, 0.4) is 0 Å². The average Bonchev–Trinajstić information content (AvgIpc) is 2.16. The number of aliphatic hydroxyl groups is 1. The second-order valence-electron chi connectivity index (χ2n) is 3.22. The van der Waals surface area contributed by atoms with Crippen molar-refractivity contribution in [3.05, 3.63) is 24.3 Å². The number of allylic oxidation sites excluding steroid dienone is 4. The van der Waals surface area contributed by atoms with E-state index in [0.29, 0.717) is 6.61 Å². The van der Waals surface area contributed by atoms with Crippen LogP contribution in [0.5, 0.6) is 0 Å². The molecule has 0 rings (SSSR count). The van der Waals surface area contributed by atoms with Gasteiger partial charge in [-0.05, 0) is 25.7 Å². The van der Waals surface area contributed by atoms with E-state index in [2.05, 4.69) is 31.2 Å². The molecule has 0 fully saturated rings. The van der Waals surface area contributed by atoms with Crippen molar-refractivity contribution in [3.63, 3.8) is 0 Å². The Morgan fingerprint density at radius 3 is 2.23 bits per heavy atom. The van der Waals surface area contributed by atoms with Gasteiger partial charge < -0.3 is 5.11 Å². The van der Waals surface area contributed by atoms with Gasteiger partial charge in [0.1, 0.15) is 0 Å². The highest BCUT2D eigenvalue weighted by Crippen LogP contribution is 2.00. The van der Waals surface area contributed by atoms with Crippen LogP contribution < -0.4 is 0 Å². The van der Waals surface area contributed by atoms with Gasteiger partial charge in [-0.2, -0.15) is 0 Å². The molecule has 0 saturated carbocycles. The third-order valence-electron chi connectivity index (χ3n) is 1.87. The normalized spacial score (nSPS) is 11.8. The quantitative estimate of drug-likeness (QED) is 0.450. The summed E-state index contributed by atoms with van der Waals surface area (Å²) in [5.74, 6) is 0. The van der Waals surface area contributed by atoms with Crippen molar-refractivity contribution in [1.82, 2.24) is 0 Å². The van der Waals surface area contributed by atoms with E-state index < -0.39 is 0 Å². The molecule has 0 heterocycles. The number of hydrogen-bond acceptors (Lipinski definition) is 1. The Hall–Kier alpha value is -0.560. The van der Waals surface area contributed by atoms with Gasteiger partial charge in [-0.15, -0.1) is 0 Å². The lowest BCUT2D eigenvalue weighted by Crippen LogP contribution is -1.81. The monoisotopic (exact) mass is 182 g/mol. The number of hydrogen-bond donors (Lipinski definition) is 1. The van der Waals surface area contributed by atoms with Gasteiger partial charge in [-0.3, -0.25) is 0 Å². The van der Waals surface area contributed by atoms with Gasteiger partial charge in [0.25, 0.3) is 0 Å². The number of rotatable bonds is 8. The fourth-order valence-electron chi connectivity index (χ4n) is 1.07. The molecule has 1 N–H and O–H groups in total. The van der Waals surface area contributed by atoms with Gasteiger partial charge >= 0.3 is 0 Å². The summed E-state index contributed by atoms with van der Waals surface area (Å²) < 4.78 is 0. The molecular formula is C12H22O. The molecule has 0 aliphatic heterocycles. The Bertz CT molecular complexity index is 136. The molecule has 0 spiro atoms. The molecule has 0 aromatic rings. The minimum atomic E-state index is 0.333. The van der Waals surface area contributed by atoms with Crippen molar-refractivity contribution >= 4 is 0 Å². The van der Waals surface area contributed by atoms with Gasteiger partial charge in [-0.1, -0.05) is 44.1 Å². The molecule has 0 aliphatic carbocycles. The average molecular weight is 182 g/mol. The summed E-state index contributed by atoms with van der Waals surface area (Å²) in [5, 5.41) is 8.54. The van der Waals surface area contributed by atoms with E-state index in [1.165, 1.54) is 19.3 Å². The van der Waals surface area contributed by atoms with Crippen LogP contribution in [0.25, 0.3) is 0 Å². The summed E-state index contributed by atoms with van der Waals surface area (Å²) in [4.78, 5) is 0. The molecule has 1 heteroatoms. The highest BCUT2D eigenvalue weighted by Gasteiger charge is 1.83. The fourth-order valence-corrected chi connectivity index (χ4v) is 1.07. The van der Waals surface area contributed by atoms with E-state index in [0.717, 1.165) is 19.3 Å². The van der Waals surface area contributed by atoms with Gasteiger partial charge in [0.2, 0.25) is 0 Å². The zero-order valence-electron chi connectivity index (χ0n) is 8.71. The predicted molar refractivity (Wildman–Crippen MR) is 58.7 cm³/mol. The van der Waals surface area contributed by atoms with E-state index in [4.69, 9.17) is 5.11 Å². The summed E-state index contributed by atoms with van der Waals surface area (Å²) in [6.45, 7) is 2.52. The molecule has 0 aromatic heterocycles. The summed E-state index contributed by atoms with van der Waals surface area (Å²) in [7, 11) is 0. The van der Waals surface area contributed by atoms with Crippen LogP contribution in [-0.4, -0.2) is 11.7 Å². The third kappa shape index (κ3) is 11.4.